The van der Waals surface area contributed by atoms with Gasteiger partial charge >= 0.3 is 0 Å². The van der Waals surface area contributed by atoms with Gasteiger partial charge in [0.1, 0.15) is 0 Å². The van der Waals surface area contributed by atoms with Gasteiger partial charge < -0.3 is 10.6 Å². The van der Waals surface area contributed by atoms with Crippen LogP contribution < -0.4 is 10.6 Å². The van der Waals surface area contributed by atoms with E-state index in [2.05, 4.69) is 0 Å². The second-order valence-corrected chi connectivity index (χ2v) is 5.84. The molecule has 112 valence electrons. The topological polar surface area (TPSA) is 89.5 Å². The average molecular weight is 315 g/mol. The molecule has 3 rings (SSSR count). The van der Waals surface area contributed by atoms with Crippen molar-refractivity contribution in [3.63, 3.8) is 0 Å². The lowest BCUT2D eigenvalue weighted by molar-refractivity contribution is -0.385. The highest BCUT2D eigenvalue weighted by molar-refractivity contribution is 7.99. The summed E-state index contributed by atoms with van der Waals surface area (Å²) in [6, 6.07) is 11.8. The van der Waals surface area contributed by atoms with Gasteiger partial charge in [0.2, 0.25) is 0 Å². The third-order valence-corrected chi connectivity index (χ3v) is 4.50. The summed E-state index contributed by atoms with van der Waals surface area (Å²) in [7, 11) is 0. The lowest BCUT2D eigenvalue weighted by atomic mass is 10.1. The van der Waals surface area contributed by atoms with E-state index >= 15 is 0 Å². The zero-order chi connectivity index (χ0) is 15.7. The first-order valence-corrected chi connectivity index (χ1v) is 7.50. The van der Waals surface area contributed by atoms with Crippen molar-refractivity contribution in [2.24, 2.45) is 5.73 Å². The normalized spacial score (nSPS) is 13.3. The molecule has 0 unspecified atom stereocenters. The Hall–Kier alpha value is -2.38. The van der Waals surface area contributed by atoms with Gasteiger partial charge in [0.05, 0.1) is 16.2 Å². The van der Waals surface area contributed by atoms with E-state index in [1.165, 1.54) is 23.9 Å². The minimum Gasteiger partial charge on any atom is -0.329 e. The maximum absolute atomic E-state index is 12.7. The number of nitro groups is 1. The number of nitro benzene ring substituents is 1. The van der Waals surface area contributed by atoms with E-state index in [4.69, 9.17) is 5.73 Å². The van der Waals surface area contributed by atoms with Crippen LogP contribution >= 0.6 is 11.8 Å². The number of fused-ring (bicyclic) bond motifs is 2. The molecule has 0 radical (unpaired) electrons. The highest BCUT2D eigenvalue weighted by atomic mass is 32.2. The van der Waals surface area contributed by atoms with Crippen LogP contribution in [0.25, 0.3) is 0 Å². The molecule has 0 fully saturated rings. The minimum atomic E-state index is -0.438. The van der Waals surface area contributed by atoms with Crippen LogP contribution in [-0.2, 0) is 0 Å². The van der Waals surface area contributed by atoms with E-state index in [9.17, 15) is 14.9 Å². The number of hydrogen-bond acceptors (Lipinski definition) is 5. The highest BCUT2D eigenvalue weighted by Gasteiger charge is 2.27. The van der Waals surface area contributed by atoms with Crippen molar-refractivity contribution in [3.05, 3.63) is 58.1 Å². The van der Waals surface area contributed by atoms with Crippen LogP contribution in [0.1, 0.15) is 10.4 Å². The van der Waals surface area contributed by atoms with Gasteiger partial charge in [0.25, 0.3) is 11.6 Å². The zero-order valence-electron chi connectivity index (χ0n) is 11.6. The molecule has 2 aromatic carbocycles. The molecule has 1 aliphatic rings. The lowest BCUT2D eigenvalue weighted by Gasteiger charge is -2.22. The van der Waals surface area contributed by atoms with Gasteiger partial charge in [0.15, 0.2) is 0 Å². The van der Waals surface area contributed by atoms with Crippen molar-refractivity contribution in [2.75, 3.05) is 18.0 Å². The Balaban J connectivity index is 2.19. The fraction of sp³-hybridized carbons (Fsp3) is 0.133. The predicted molar refractivity (Wildman–Crippen MR) is 84.4 cm³/mol. The maximum atomic E-state index is 12.7. The third kappa shape index (κ3) is 2.44. The van der Waals surface area contributed by atoms with E-state index in [0.717, 1.165) is 4.90 Å². The molecular formula is C15H13N3O3S. The lowest BCUT2D eigenvalue weighted by Crippen LogP contribution is -2.35. The Morgan fingerprint density at radius 2 is 1.95 bits per heavy atom. The van der Waals surface area contributed by atoms with Crippen molar-refractivity contribution >= 4 is 29.0 Å². The van der Waals surface area contributed by atoms with Gasteiger partial charge in [-0.3, -0.25) is 14.9 Å². The number of rotatable bonds is 3. The number of carbonyl (C=O) groups excluding carboxylic acids is 1. The highest BCUT2D eigenvalue weighted by Crippen LogP contribution is 2.42. The van der Waals surface area contributed by atoms with Gasteiger partial charge in [-0.2, -0.15) is 0 Å². The molecule has 2 aromatic rings. The molecule has 1 amide bonds. The van der Waals surface area contributed by atoms with Crippen LogP contribution in [0.15, 0.2) is 52.3 Å². The van der Waals surface area contributed by atoms with Crippen LogP contribution in [-0.4, -0.2) is 23.9 Å². The number of amides is 1. The second kappa shape index (κ2) is 5.78. The van der Waals surface area contributed by atoms with E-state index < -0.39 is 4.92 Å². The van der Waals surface area contributed by atoms with Crippen molar-refractivity contribution in [3.8, 4) is 0 Å². The number of nitrogens with two attached hydrogens (primary N) is 1. The Morgan fingerprint density at radius 1 is 1.18 bits per heavy atom. The first-order valence-electron chi connectivity index (χ1n) is 6.69. The summed E-state index contributed by atoms with van der Waals surface area (Å²) < 4.78 is 0. The molecule has 0 saturated heterocycles. The van der Waals surface area contributed by atoms with E-state index in [1.54, 1.807) is 23.1 Å². The summed E-state index contributed by atoms with van der Waals surface area (Å²) in [4.78, 5) is 26.3. The predicted octanol–water partition coefficient (Wildman–Crippen LogP) is 2.66. The summed E-state index contributed by atoms with van der Waals surface area (Å²) >= 11 is 1.36. The number of benzene rings is 2. The van der Waals surface area contributed by atoms with E-state index in [0.29, 0.717) is 29.2 Å². The SMILES string of the molecule is NCCN1C(=O)c2ccccc2Sc2cc([N+](=O)[O-])ccc21. The van der Waals surface area contributed by atoms with Crippen molar-refractivity contribution < 1.29 is 9.72 Å². The number of carbonyl (C=O) groups is 1. The Kier molecular flexibility index (Phi) is 3.82. The van der Waals surface area contributed by atoms with Gasteiger partial charge in [-0.1, -0.05) is 23.9 Å². The summed E-state index contributed by atoms with van der Waals surface area (Å²) in [5.41, 5.74) is 6.86. The first-order chi connectivity index (χ1) is 10.6. The fourth-order valence-corrected chi connectivity index (χ4v) is 3.49. The summed E-state index contributed by atoms with van der Waals surface area (Å²) in [5, 5.41) is 11.0. The van der Waals surface area contributed by atoms with Gasteiger partial charge in [-0.05, 0) is 18.2 Å². The van der Waals surface area contributed by atoms with Crippen LogP contribution in [0.5, 0.6) is 0 Å². The van der Waals surface area contributed by atoms with E-state index in [-0.39, 0.29) is 11.6 Å². The molecule has 2 N–H and O–H groups in total. The number of hydrogen-bond donors (Lipinski definition) is 1. The van der Waals surface area contributed by atoms with Gasteiger partial charge in [-0.15, -0.1) is 0 Å². The Labute approximate surface area is 131 Å². The Morgan fingerprint density at radius 3 is 2.68 bits per heavy atom. The number of anilines is 1. The van der Waals surface area contributed by atoms with Crippen molar-refractivity contribution in [1.29, 1.82) is 0 Å². The molecule has 1 heterocycles. The van der Waals surface area contributed by atoms with Crippen LogP contribution in [0.4, 0.5) is 11.4 Å². The summed E-state index contributed by atoms with van der Waals surface area (Å²) in [6.07, 6.45) is 0. The molecule has 0 aromatic heterocycles. The monoisotopic (exact) mass is 315 g/mol. The molecule has 0 spiro atoms. The summed E-state index contributed by atoms with van der Waals surface area (Å²) in [6.45, 7) is 0.674. The van der Waals surface area contributed by atoms with Crippen LogP contribution in [0.3, 0.4) is 0 Å². The standard InChI is InChI=1S/C15H13N3O3S/c16-7-8-17-12-6-5-10(18(20)21)9-14(12)22-13-4-2-1-3-11(13)15(17)19/h1-6,9H,7-8,16H2. The molecule has 6 nitrogen and oxygen atoms in total. The molecule has 0 aliphatic carbocycles. The average Bonchev–Trinajstić information content (AvgIpc) is 2.63. The fourth-order valence-electron chi connectivity index (χ4n) is 2.38. The maximum Gasteiger partial charge on any atom is 0.270 e. The van der Waals surface area contributed by atoms with Crippen LogP contribution in [0.2, 0.25) is 0 Å². The van der Waals surface area contributed by atoms with E-state index in [1.807, 2.05) is 12.1 Å². The van der Waals surface area contributed by atoms with Crippen molar-refractivity contribution in [1.82, 2.24) is 0 Å². The molecule has 0 atom stereocenters. The largest absolute Gasteiger partial charge is 0.329 e. The third-order valence-electron chi connectivity index (χ3n) is 3.38. The van der Waals surface area contributed by atoms with Gasteiger partial charge in [-0.25, -0.2) is 0 Å². The molecular weight excluding hydrogens is 302 g/mol. The number of nitrogens with zero attached hydrogens (tertiary/aromatic N) is 2. The Bertz CT molecular complexity index is 763. The second-order valence-electron chi connectivity index (χ2n) is 4.75. The first kappa shape index (κ1) is 14.6. The summed E-state index contributed by atoms with van der Waals surface area (Å²) in [5.74, 6) is -0.138. The van der Waals surface area contributed by atoms with Crippen LogP contribution in [0, 0.1) is 10.1 Å². The van der Waals surface area contributed by atoms with Gasteiger partial charge in [0, 0.05) is 35.0 Å². The molecule has 22 heavy (non-hydrogen) atoms. The molecule has 0 saturated carbocycles. The molecule has 7 heteroatoms. The van der Waals surface area contributed by atoms with Crippen molar-refractivity contribution in [2.45, 2.75) is 9.79 Å². The quantitative estimate of drug-likeness (QED) is 0.694. The number of non-ortho nitro benzene ring substituents is 1. The molecule has 1 aliphatic heterocycles. The minimum absolute atomic E-state index is 0.00535. The molecule has 0 bridgehead atoms. The smallest absolute Gasteiger partial charge is 0.270 e. The zero-order valence-corrected chi connectivity index (χ0v) is 12.4.